The summed E-state index contributed by atoms with van der Waals surface area (Å²) in [7, 11) is 1.66. The van der Waals surface area contributed by atoms with Gasteiger partial charge in [0.25, 0.3) is 0 Å². The summed E-state index contributed by atoms with van der Waals surface area (Å²) in [6, 6.07) is 6.58. The van der Waals surface area contributed by atoms with Gasteiger partial charge in [0.15, 0.2) is 0 Å². The van der Waals surface area contributed by atoms with Crippen molar-refractivity contribution in [1.29, 1.82) is 0 Å². The lowest BCUT2D eigenvalue weighted by Crippen LogP contribution is -2.63. The van der Waals surface area contributed by atoms with Gasteiger partial charge in [0.1, 0.15) is 17.1 Å². The highest BCUT2D eigenvalue weighted by molar-refractivity contribution is 6.02. The third kappa shape index (κ3) is 2.45. The number of aliphatic imine (C=N–C) groups is 1. The molecule has 0 aromatic heterocycles. The van der Waals surface area contributed by atoms with E-state index in [1.54, 1.807) is 14.0 Å². The van der Waals surface area contributed by atoms with Gasteiger partial charge in [0.05, 0.1) is 18.5 Å². The van der Waals surface area contributed by atoms with Crippen molar-refractivity contribution >= 4 is 17.2 Å². The molecule has 3 saturated heterocycles. The van der Waals surface area contributed by atoms with Crippen molar-refractivity contribution in [2.75, 3.05) is 13.7 Å². The molecule has 4 bridgehead atoms. The monoisotopic (exact) mass is 382 g/mol. The van der Waals surface area contributed by atoms with Crippen LogP contribution in [0.25, 0.3) is 0 Å². The molecule has 5 nitrogen and oxygen atoms in total. The number of hydrogen-bond acceptors (Lipinski definition) is 5. The molecule has 4 fully saturated rings. The molecule has 1 unspecified atom stereocenters. The van der Waals surface area contributed by atoms with Crippen LogP contribution in [0.1, 0.15) is 51.5 Å². The molecule has 4 aliphatic heterocycles. The van der Waals surface area contributed by atoms with E-state index in [-0.39, 0.29) is 11.7 Å². The van der Waals surface area contributed by atoms with Crippen molar-refractivity contribution in [3.8, 4) is 5.75 Å². The maximum atomic E-state index is 12.0. The van der Waals surface area contributed by atoms with Crippen molar-refractivity contribution in [2.45, 2.75) is 63.6 Å². The van der Waals surface area contributed by atoms with Crippen LogP contribution in [0.3, 0.4) is 0 Å². The van der Waals surface area contributed by atoms with Gasteiger partial charge in [0.2, 0.25) is 0 Å². The topological polar surface area (TPSA) is 62.1 Å². The first-order chi connectivity index (χ1) is 13.5. The number of Topliss-reactive ketones (excluding diaryl/α,β-unsaturated/α-hetero) is 1. The molecule has 0 radical (unpaired) electrons. The van der Waals surface area contributed by atoms with Gasteiger partial charge in [-0.25, -0.2) is 0 Å². The van der Waals surface area contributed by atoms with Crippen LogP contribution in [0.4, 0.5) is 5.69 Å². The Kier molecular flexibility index (Phi) is 4.18. The summed E-state index contributed by atoms with van der Waals surface area (Å²) in [5, 5.41) is 11.9. The number of benzene rings is 1. The number of aliphatic hydroxyl groups is 1. The fraction of sp³-hybridized carbons (Fsp3) is 0.652. The number of fused-ring (bicyclic) bond motifs is 4. The number of ketones is 1. The molecule has 0 amide bonds. The maximum Gasteiger partial charge on any atom is 0.131 e. The summed E-state index contributed by atoms with van der Waals surface area (Å²) in [6.07, 6.45) is 4.67. The number of ether oxygens (including phenoxy) is 1. The Labute approximate surface area is 166 Å². The molecule has 0 spiro atoms. The molecule has 28 heavy (non-hydrogen) atoms. The second-order valence-electron chi connectivity index (χ2n) is 9.20. The first-order valence-electron chi connectivity index (χ1n) is 10.7. The Morgan fingerprint density at radius 3 is 2.93 bits per heavy atom. The molecule has 5 aliphatic rings. The summed E-state index contributed by atoms with van der Waals surface area (Å²) < 4.78 is 5.42. The van der Waals surface area contributed by atoms with E-state index in [0.29, 0.717) is 36.8 Å². The first kappa shape index (κ1) is 18.3. The lowest BCUT2D eigenvalue weighted by atomic mass is 9.60. The highest BCUT2D eigenvalue weighted by Gasteiger charge is 2.59. The molecule has 1 N–H and O–H groups in total. The highest BCUT2D eigenvalue weighted by atomic mass is 16.5. The van der Waals surface area contributed by atoms with Crippen molar-refractivity contribution in [2.24, 2.45) is 22.7 Å². The second kappa shape index (κ2) is 6.39. The van der Waals surface area contributed by atoms with Crippen LogP contribution in [0.15, 0.2) is 23.2 Å². The molecular weight excluding hydrogens is 352 g/mol. The van der Waals surface area contributed by atoms with Crippen LogP contribution in [0.5, 0.6) is 5.75 Å². The molecule has 1 aromatic rings. The molecule has 4 heterocycles. The average Bonchev–Trinajstić information content (AvgIpc) is 2.93. The fourth-order valence-corrected chi connectivity index (χ4v) is 6.68. The van der Waals surface area contributed by atoms with E-state index in [4.69, 9.17) is 9.73 Å². The van der Waals surface area contributed by atoms with E-state index < -0.39 is 5.60 Å². The lowest BCUT2D eigenvalue weighted by Gasteiger charge is -2.57. The Morgan fingerprint density at radius 2 is 2.21 bits per heavy atom. The van der Waals surface area contributed by atoms with E-state index in [1.807, 2.05) is 18.2 Å². The van der Waals surface area contributed by atoms with E-state index in [0.717, 1.165) is 42.1 Å². The summed E-state index contributed by atoms with van der Waals surface area (Å²) in [6.45, 7) is 4.81. The summed E-state index contributed by atoms with van der Waals surface area (Å²) in [4.78, 5) is 19.5. The molecule has 5 heteroatoms. The predicted octanol–water partition coefficient (Wildman–Crippen LogP) is 3.46. The molecule has 6 rings (SSSR count). The van der Waals surface area contributed by atoms with Gasteiger partial charge in [-0.3, -0.25) is 14.7 Å². The smallest absolute Gasteiger partial charge is 0.131 e. The van der Waals surface area contributed by atoms with E-state index in [2.05, 4.69) is 11.8 Å². The number of nitrogens with zero attached hydrogens (tertiary/aromatic N) is 2. The lowest BCUT2D eigenvalue weighted by molar-refractivity contribution is -0.123. The van der Waals surface area contributed by atoms with E-state index in [9.17, 15) is 9.90 Å². The molecular formula is C23H30N2O3. The van der Waals surface area contributed by atoms with Crippen molar-refractivity contribution in [3.05, 3.63) is 23.8 Å². The Bertz CT molecular complexity index is 850. The van der Waals surface area contributed by atoms with Crippen molar-refractivity contribution in [1.82, 2.24) is 4.90 Å². The van der Waals surface area contributed by atoms with Gasteiger partial charge >= 0.3 is 0 Å². The first-order valence-corrected chi connectivity index (χ1v) is 10.7. The van der Waals surface area contributed by atoms with E-state index in [1.165, 1.54) is 6.42 Å². The standard InChI is InChI=1S/C23H30N2O3/c1-4-14-10-15-11-17-21(14)25(20(15)9-13(2)26)8-7-23(27)18-12-16(28-3)5-6-19(18)24-22(17)23/h5-6,12,14-15,17,20-21,27H,4,7-11H2,1-3H3/t14-,15+,17+,20+,21-,23-/m0/s1. The van der Waals surface area contributed by atoms with Crippen LogP contribution in [0.2, 0.25) is 0 Å². The third-order valence-electron chi connectivity index (χ3n) is 7.83. The predicted molar refractivity (Wildman–Crippen MR) is 108 cm³/mol. The molecule has 1 aromatic carbocycles. The third-order valence-corrected chi connectivity index (χ3v) is 7.83. The van der Waals surface area contributed by atoms with Crippen molar-refractivity contribution < 1.29 is 14.6 Å². The summed E-state index contributed by atoms with van der Waals surface area (Å²) in [5.41, 5.74) is 1.74. The molecule has 1 saturated carbocycles. The summed E-state index contributed by atoms with van der Waals surface area (Å²) in [5.74, 6) is 2.46. The SMILES string of the molecule is CC[C@H]1C[C@@H]2C[C@H]3C4=Nc5ccc(OC)cc5[C@@]4(O)CCN([C@@H]13)[C@@H]2CC(C)=O. The zero-order valence-corrected chi connectivity index (χ0v) is 17.0. The van der Waals surface area contributed by atoms with E-state index >= 15 is 0 Å². The summed E-state index contributed by atoms with van der Waals surface area (Å²) >= 11 is 0. The average molecular weight is 383 g/mol. The normalized spacial score (nSPS) is 40.4. The zero-order valence-electron chi connectivity index (χ0n) is 17.0. The Morgan fingerprint density at radius 1 is 1.39 bits per heavy atom. The number of rotatable bonds is 4. The minimum atomic E-state index is -1.01. The zero-order chi connectivity index (χ0) is 19.6. The largest absolute Gasteiger partial charge is 0.497 e. The number of piperidine rings is 2. The van der Waals surface area contributed by atoms with Gasteiger partial charge in [-0.15, -0.1) is 0 Å². The minimum absolute atomic E-state index is 0.276. The Balaban J connectivity index is 1.59. The fourth-order valence-electron chi connectivity index (χ4n) is 6.68. The molecule has 1 aliphatic carbocycles. The van der Waals surface area contributed by atoms with Crippen LogP contribution in [-0.2, 0) is 10.4 Å². The Hall–Kier alpha value is -1.72. The number of methoxy groups -OCH3 is 1. The minimum Gasteiger partial charge on any atom is -0.497 e. The quantitative estimate of drug-likeness (QED) is 0.866. The van der Waals surface area contributed by atoms with Crippen LogP contribution >= 0.6 is 0 Å². The van der Waals surface area contributed by atoms with Crippen LogP contribution in [0, 0.1) is 17.8 Å². The number of carbonyl (C=O) groups excluding carboxylic acids is 1. The van der Waals surface area contributed by atoms with Gasteiger partial charge in [-0.1, -0.05) is 13.3 Å². The van der Waals surface area contributed by atoms with Crippen LogP contribution < -0.4 is 4.74 Å². The number of hydrogen-bond donors (Lipinski definition) is 1. The number of carbonyl (C=O) groups is 1. The van der Waals surface area contributed by atoms with Gasteiger partial charge in [0, 0.05) is 36.5 Å². The van der Waals surface area contributed by atoms with Gasteiger partial charge < -0.3 is 9.84 Å². The van der Waals surface area contributed by atoms with Gasteiger partial charge in [-0.2, -0.15) is 0 Å². The van der Waals surface area contributed by atoms with Crippen LogP contribution in [-0.4, -0.2) is 47.2 Å². The maximum absolute atomic E-state index is 12.0. The highest BCUT2D eigenvalue weighted by Crippen LogP contribution is 2.56. The van der Waals surface area contributed by atoms with Crippen molar-refractivity contribution in [3.63, 3.8) is 0 Å². The van der Waals surface area contributed by atoms with Gasteiger partial charge in [-0.05, 0) is 56.2 Å². The molecule has 7 atom stereocenters. The molecule has 150 valence electrons. The second-order valence-corrected chi connectivity index (χ2v) is 9.20.